The Morgan fingerprint density at radius 2 is 1.84 bits per heavy atom. The molecule has 1 N–H and O–H groups in total. The molecule has 0 radical (unpaired) electrons. The quantitative estimate of drug-likeness (QED) is 0.658. The first kappa shape index (κ1) is 16.0. The van der Waals surface area contributed by atoms with E-state index in [1.54, 1.807) is 0 Å². The number of ether oxygens (including phenoxy) is 2. The number of hydrogen-bond acceptors (Lipinski definition) is 3. The molecule has 0 aliphatic rings. The second-order valence-corrected chi connectivity index (χ2v) is 4.88. The Hall–Kier alpha value is -1.06. The van der Waals surface area contributed by atoms with Crippen LogP contribution in [0.3, 0.4) is 0 Å². The monoisotopic (exact) mass is 265 g/mol. The average molecular weight is 265 g/mol. The molecule has 1 rings (SSSR count). The maximum Gasteiger partial charge on any atom is 0.119 e. The van der Waals surface area contributed by atoms with Crippen molar-refractivity contribution in [1.82, 2.24) is 5.32 Å². The number of hydrogen-bond donors (Lipinski definition) is 1. The van der Waals surface area contributed by atoms with Gasteiger partial charge < -0.3 is 14.8 Å². The molecule has 0 spiro atoms. The van der Waals surface area contributed by atoms with E-state index in [1.807, 2.05) is 19.1 Å². The van der Waals surface area contributed by atoms with Crippen LogP contribution in [0.5, 0.6) is 5.75 Å². The van der Waals surface area contributed by atoms with Gasteiger partial charge in [0.1, 0.15) is 5.75 Å². The van der Waals surface area contributed by atoms with Gasteiger partial charge in [-0.25, -0.2) is 0 Å². The fraction of sp³-hybridized carbons (Fsp3) is 0.625. The second-order valence-electron chi connectivity index (χ2n) is 4.88. The highest BCUT2D eigenvalue weighted by Gasteiger charge is 1.96. The topological polar surface area (TPSA) is 30.5 Å². The van der Waals surface area contributed by atoms with Crippen LogP contribution in [0.1, 0.15) is 39.2 Å². The lowest BCUT2D eigenvalue weighted by molar-refractivity contribution is 0.0760. The zero-order valence-corrected chi connectivity index (χ0v) is 12.4. The van der Waals surface area contributed by atoms with E-state index in [4.69, 9.17) is 9.47 Å². The van der Waals surface area contributed by atoms with Gasteiger partial charge in [-0.05, 0) is 57.9 Å². The van der Waals surface area contributed by atoms with Gasteiger partial charge >= 0.3 is 0 Å². The second kappa shape index (κ2) is 9.82. The summed E-state index contributed by atoms with van der Waals surface area (Å²) in [6, 6.07) is 8.27. The molecule has 0 heterocycles. The zero-order chi connectivity index (χ0) is 13.9. The molecule has 3 heteroatoms. The summed E-state index contributed by atoms with van der Waals surface area (Å²) in [7, 11) is 0. The maximum absolute atomic E-state index is 5.50. The van der Waals surface area contributed by atoms with Crippen molar-refractivity contribution in [3.05, 3.63) is 29.8 Å². The molecule has 0 atom stereocenters. The largest absolute Gasteiger partial charge is 0.494 e. The average Bonchev–Trinajstić information content (AvgIpc) is 2.39. The highest BCUT2D eigenvalue weighted by Crippen LogP contribution is 2.11. The molecular formula is C16H27NO2. The Labute approximate surface area is 117 Å². The Morgan fingerprint density at radius 3 is 2.47 bits per heavy atom. The van der Waals surface area contributed by atoms with Gasteiger partial charge in [-0.3, -0.25) is 0 Å². The van der Waals surface area contributed by atoms with E-state index in [0.717, 1.165) is 44.9 Å². The van der Waals surface area contributed by atoms with Crippen LogP contribution < -0.4 is 10.1 Å². The van der Waals surface area contributed by atoms with E-state index in [0.29, 0.717) is 6.10 Å². The van der Waals surface area contributed by atoms with Crippen LogP contribution >= 0.6 is 0 Å². The number of rotatable bonds is 10. The van der Waals surface area contributed by atoms with Gasteiger partial charge in [-0.1, -0.05) is 12.1 Å². The minimum absolute atomic E-state index is 0.344. The van der Waals surface area contributed by atoms with Gasteiger partial charge in [0, 0.05) is 13.2 Å². The van der Waals surface area contributed by atoms with Crippen LogP contribution in [-0.2, 0) is 11.3 Å². The van der Waals surface area contributed by atoms with E-state index in [9.17, 15) is 0 Å². The van der Waals surface area contributed by atoms with Gasteiger partial charge in [0.25, 0.3) is 0 Å². The van der Waals surface area contributed by atoms with Crippen LogP contribution in [-0.4, -0.2) is 25.9 Å². The van der Waals surface area contributed by atoms with Crippen molar-refractivity contribution in [1.29, 1.82) is 0 Å². The third kappa shape index (κ3) is 7.85. The molecule has 1 aromatic carbocycles. The summed E-state index contributed by atoms with van der Waals surface area (Å²) in [5, 5.41) is 3.44. The normalized spacial score (nSPS) is 10.9. The number of nitrogens with one attached hydrogen (secondary N) is 1. The SMILES string of the molecule is CCOc1ccc(CNCCCCOC(C)C)cc1. The van der Waals surface area contributed by atoms with Crippen molar-refractivity contribution in [3.63, 3.8) is 0 Å². The molecule has 0 bridgehead atoms. The lowest BCUT2D eigenvalue weighted by Crippen LogP contribution is -2.15. The molecule has 0 amide bonds. The van der Waals surface area contributed by atoms with Gasteiger partial charge in [0.2, 0.25) is 0 Å². The lowest BCUT2D eigenvalue weighted by Gasteiger charge is -2.08. The maximum atomic E-state index is 5.50. The van der Waals surface area contributed by atoms with Crippen LogP contribution in [0, 0.1) is 0 Å². The molecular weight excluding hydrogens is 238 g/mol. The van der Waals surface area contributed by atoms with Crippen molar-refractivity contribution in [2.75, 3.05) is 19.8 Å². The summed E-state index contributed by atoms with van der Waals surface area (Å²) in [4.78, 5) is 0. The van der Waals surface area contributed by atoms with E-state index in [2.05, 4.69) is 31.3 Å². The summed E-state index contributed by atoms with van der Waals surface area (Å²) in [5.74, 6) is 0.942. The molecule has 0 aromatic heterocycles. The Morgan fingerprint density at radius 1 is 1.11 bits per heavy atom. The summed E-state index contributed by atoms with van der Waals surface area (Å²) in [5.41, 5.74) is 1.29. The minimum atomic E-state index is 0.344. The standard InChI is InChI=1S/C16H27NO2/c1-4-18-16-9-7-15(8-10-16)13-17-11-5-6-12-19-14(2)3/h7-10,14,17H,4-6,11-13H2,1-3H3. The molecule has 3 nitrogen and oxygen atoms in total. The summed E-state index contributed by atoms with van der Waals surface area (Å²) < 4.78 is 10.9. The van der Waals surface area contributed by atoms with Gasteiger partial charge in [-0.15, -0.1) is 0 Å². The molecule has 1 aromatic rings. The molecule has 0 unspecified atom stereocenters. The van der Waals surface area contributed by atoms with Gasteiger partial charge in [0.05, 0.1) is 12.7 Å². The van der Waals surface area contributed by atoms with Crippen LogP contribution in [0.15, 0.2) is 24.3 Å². The number of benzene rings is 1. The number of unbranched alkanes of at least 4 members (excludes halogenated alkanes) is 1. The van der Waals surface area contributed by atoms with Gasteiger partial charge in [-0.2, -0.15) is 0 Å². The third-order valence-electron chi connectivity index (χ3n) is 2.76. The first-order valence-electron chi connectivity index (χ1n) is 7.26. The first-order chi connectivity index (χ1) is 9.22. The van der Waals surface area contributed by atoms with Crippen molar-refractivity contribution < 1.29 is 9.47 Å². The van der Waals surface area contributed by atoms with Crippen LogP contribution in [0.25, 0.3) is 0 Å². The predicted molar refractivity (Wildman–Crippen MR) is 79.6 cm³/mol. The predicted octanol–water partition coefficient (Wildman–Crippen LogP) is 3.38. The lowest BCUT2D eigenvalue weighted by atomic mass is 10.2. The summed E-state index contributed by atoms with van der Waals surface area (Å²) >= 11 is 0. The van der Waals surface area contributed by atoms with E-state index >= 15 is 0 Å². The summed E-state index contributed by atoms with van der Waals surface area (Å²) in [6.07, 6.45) is 2.62. The Balaban J connectivity index is 2.05. The molecule has 0 saturated heterocycles. The molecule has 0 fully saturated rings. The van der Waals surface area contributed by atoms with E-state index in [-0.39, 0.29) is 0 Å². The smallest absolute Gasteiger partial charge is 0.119 e. The molecule has 19 heavy (non-hydrogen) atoms. The molecule has 0 saturated carbocycles. The van der Waals surface area contributed by atoms with E-state index < -0.39 is 0 Å². The van der Waals surface area contributed by atoms with E-state index in [1.165, 1.54) is 5.56 Å². The fourth-order valence-corrected chi connectivity index (χ4v) is 1.77. The third-order valence-corrected chi connectivity index (χ3v) is 2.76. The highest BCUT2D eigenvalue weighted by molar-refractivity contribution is 5.27. The Bertz CT molecular complexity index is 322. The van der Waals surface area contributed by atoms with Crippen molar-refractivity contribution in [3.8, 4) is 5.75 Å². The van der Waals surface area contributed by atoms with Gasteiger partial charge in [0.15, 0.2) is 0 Å². The first-order valence-corrected chi connectivity index (χ1v) is 7.26. The van der Waals surface area contributed by atoms with Crippen molar-refractivity contribution >= 4 is 0 Å². The summed E-state index contributed by atoms with van der Waals surface area (Å²) in [6.45, 7) is 9.68. The molecule has 0 aliphatic carbocycles. The van der Waals surface area contributed by atoms with Crippen molar-refractivity contribution in [2.45, 2.75) is 46.3 Å². The molecule has 0 aliphatic heterocycles. The zero-order valence-electron chi connectivity index (χ0n) is 12.4. The Kier molecular flexibility index (Phi) is 8.26. The molecule has 108 valence electrons. The van der Waals surface area contributed by atoms with Crippen molar-refractivity contribution in [2.24, 2.45) is 0 Å². The fourth-order valence-electron chi connectivity index (χ4n) is 1.77. The van der Waals surface area contributed by atoms with Crippen LogP contribution in [0.4, 0.5) is 0 Å². The highest BCUT2D eigenvalue weighted by atomic mass is 16.5. The van der Waals surface area contributed by atoms with Crippen LogP contribution in [0.2, 0.25) is 0 Å². The minimum Gasteiger partial charge on any atom is -0.494 e.